The van der Waals surface area contributed by atoms with Gasteiger partial charge < -0.3 is 15.0 Å². The van der Waals surface area contributed by atoms with Crippen molar-refractivity contribution < 1.29 is 14.3 Å². The van der Waals surface area contributed by atoms with Gasteiger partial charge in [-0.3, -0.25) is 9.59 Å². The van der Waals surface area contributed by atoms with Crippen molar-refractivity contribution in [3.8, 4) is 5.75 Å². The lowest BCUT2D eigenvalue weighted by atomic mass is 9.98. The second-order valence-corrected chi connectivity index (χ2v) is 9.65. The average molecular weight is 500 g/mol. The lowest BCUT2D eigenvalue weighted by molar-refractivity contribution is -0.143. The fraction of sp³-hybridized carbons (Fsp3) is 0.310. The number of ether oxygens (including phenoxy) is 1. The van der Waals surface area contributed by atoms with E-state index in [1.54, 1.807) is 16.7 Å². The van der Waals surface area contributed by atoms with Crippen molar-refractivity contribution in [2.45, 2.75) is 51.9 Å². The Kier molecular flexibility index (Phi) is 7.86. The predicted octanol–water partition coefficient (Wildman–Crippen LogP) is 4.51. The molecule has 1 aromatic heterocycles. The third kappa shape index (κ3) is 6.14. The number of methoxy groups -OCH3 is 1. The minimum atomic E-state index is -0.847. The highest BCUT2D eigenvalue weighted by molar-refractivity contribution is 5.89. The number of amides is 2. The molecule has 0 unspecified atom stereocenters. The van der Waals surface area contributed by atoms with Crippen molar-refractivity contribution in [3.63, 3.8) is 0 Å². The third-order valence-corrected chi connectivity index (χ3v) is 6.53. The third-order valence-electron chi connectivity index (χ3n) is 6.53. The molecule has 4 rings (SSSR count). The van der Waals surface area contributed by atoms with Crippen molar-refractivity contribution in [1.82, 2.24) is 25.2 Å². The maximum absolute atomic E-state index is 14.0. The summed E-state index contributed by atoms with van der Waals surface area (Å²) in [7, 11) is 1.60. The molecule has 0 aliphatic rings. The van der Waals surface area contributed by atoms with Crippen LogP contribution in [0.4, 0.5) is 0 Å². The molecule has 8 heteroatoms. The van der Waals surface area contributed by atoms with Gasteiger partial charge in [0, 0.05) is 12.1 Å². The summed E-state index contributed by atoms with van der Waals surface area (Å²) in [6.45, 7) is 6.12. The number of nitrogens with one attached hydrogen (secondary N) is 1. The topological polar surface area (TPSA) is 89.4 Å². The number of nitrogens with zero attached hydrogens (tertiary/aromatic N) is 4. The maximum atomic E-state index is 14.0. The summed E-state index contributed by atoms with van der Waals surface area (Å²) in [5.41, 5.74) is 2.60. The Bertz CT molecular complexity index is 1370. The van der Waals surface area contributed by atoms with Gasteiger partial charge in [-0.15, -0.1) is 5.10 Å². The molecule has 0 fully saturated rings. The van der Waals surface area contributed by atoms with E-state index in [9.17, 15) is 9.59 Å². The van der Waals surface area contributed by atoms with Gasteiger partial charge >= 0.3 is 0 Å². The Morgan fingerprint density at radius 1 is 1.03 bits per heavy atom. The lowest BCUT2D eigenvalue weighted by Gasteiger charge is -2.34. The Morgan fingerprint density at radius 3 is 2.49 bits per heavy atom. The molecular formula is C29H33N5O3. The van der Waals surface area contributed by atoms with Crippen molar-refractivity contribution in [2.24, 2.45) is 0 Å². The number of carbonyl (C=O) groups excluding carboxylic acids is 2. The summed E-state index contributed by atoms with van der Waals surface area (Å²) in [6.07, 6.45) is 0.745. The number of benzene rings is 3. The zero-order chi connectivity index (χ0) is 26.4. The summed E-state index contributed by atoms with van der Waals surface area (Å²) in [4.78, 5) is 29.4. The number of carbonyl (C=O) groups is 2. The van der Waals surface area contributed by atoms with Gasteiger partial charge in [0.05, 0.1) is 12.6 Å². The molecule has 0 spiro atoms. The number of fused-ring (bicyclic) bond motifs is 1. The molecule has 4 aromatic rings. The summed E-state index contributed by atoms with van der Waals surface area (Å²) < 4.78 is 6.97. The Hall–Kier alpha value is -4.20. The minimum Gasteiger partial charge on any atom is -0.497 e. The maximum Gasteiger partial charge on any atom is 0.247 e. The molecule has 0 aliphatic carbocycles. The number of para-hydroxylation sites is 1. The molecule has 0 saturated carbocycles. The van der Waals surface area contributed by atoms with Crippen LogP contribution in [0.25, 0.3) is 11.0 Å². The van der Waals surface area contributed by atoms with Crippen LogP contribution < -0.4 is 10.1 Å². The number of hydrogen-bond donors (Lipinski definition) is 1. The Balaban J connectivity index is 1.76. The van der Waals surface area contributed by atoms with Gasteiger partial charge in [0.1, 0.15) is 23.9 Å². The first-order valence-corrected chi connectivity index (χ1v) is 12.4. The highest BCUT2D eigenvalue weighted by Gasteiger charge is 2.34. The van der Waals surface area contributed by atoms with E-state index in [-0.39, 0.29) is 24.9 Å². The largest absolute Gasteiger partial charge is 0.497 e. The molecule has 1 heterocycles. The molecule has 1 atom stereocenters. The Labute approximate surface area is 217 Å². The monoisotopic (exact) mass is 499 g/mol. The van der Waals surface area contributed by atoms with Crippen molar-refractivity contribution in [3.05, 3.63) is 90.0 Å². The molecule has 0 aliphatic heterocycles. The van der Waals surface area contributed by atoms with Crippen LogP contribution in [0.1, 0.15) is 44.4 Å². The van der Waals surface area contributed by atoms with Gasteiger partial charge in [-0.1, -0.05) is 66.7 Å². The molecule has 0 radical (unpaired) electrons. The fourth-order valence-electron chi connectivity index (χ4n) is 4.14. The highest BCUT2D eigenvalue weighted by atomic mass is 16.5. The van der Waals surface area contributed by atoms with Crippen LogP contribution in [0.3, 0.4) is 0 Å². The van der Waals surface area contributed by atoms with E-state index in [4.69, 9.17) is 4.74 Å². The van der Waals surface area contributed by atoms with E-state index in [0.717, 1.165) is 23.1 Å². The predicted molar refractivity (Wildman–Crippen MR) is 143 cm³/mol. The molecule has 2 amide bonds. The number of rotatable bonds is 10. The van der Waals surface area contributed by atoms with E-state index >= 15 is 0 Å². The first-order chi connectivity index (χ1) is 17.8. The summed E-state index contributed by atoms with van der Waals surface area (Å²) in [6, 6.07) is 23.6. The van der Waals surface area contributed by atoms with Crippen LogP contribution in [0.15, 0.2) is 78.9 Å². The molecule has 3 aromatic carbocycles. The second kappa shape index (κ2) is 11.2. The first-order valence-electron chi connectivity index (χ1n) is 12.4. The fourth-order valence-corrected chi connectivity index (χ4v) is 4.14. The van der Waals surface area contributed by atoms with Crippen LogP contribution in [0.5, 0.6) is 5.75 Å². The molecule has 0 bridgehead atoms. The van der Waals surface area contributed by atoms with Crippen LogP contribution in [-0.2, 0) is 22.7 Å². The SMILES string of the molecule is CCC(C)(C)NC(=O)[C@@H](c1ccccc1)N(Cc1cccc(OC)c1)C(=O)Cn1nnc2ccccc21. The van der Waals surface area contributed by atoms with E-state index in [0.29, 0.717) is 11.3 Å². The lowest BCUT2D eigenvalue weighted by Crippen LogP contribution is -2.50. The van der Waals surface area contributed by atoms with Crippen molar-refractivity contribution in [1.29, 1.82) is 0 Å². The van der Waals surface area contributed by atoms with Gasteiger partial charge in [-0.25, -0.2) is 4.68 Å². The molecule has 0 saturated heterocycles. The van der Waals surface area contributed by atoms with Gasteiger partial charge in [0.15, 0.2) is 0 Å². The van der Waals surface area contributed by atoms with E-state index in [1.165, 1.54) is 0 Å². The van der Waals surface area contributed by atoms with Crippen LogP contribution in [0.2, 0.25) is 0 Å². The second-order valence-electron chi connectivity index (χ2n) is 9.65. The van der Waals surface area contributed by atoms with Crippen molar-refractivity contribution in [2.75, 3.05) is 7.11 Å². The summed E-state index contributed by atoms with van der Waals surface area (Å²) in [5, 5.41) is 11.5. The number of aromatic nitrogens is 3. The molecule has 8 nitrogen and oxygen atoms in total. The standard InChI is InChI=1S/C29H33N5O3/c1-5-29(2,3)30-28(36)27(22-13-7-6-8-14-22)33(19-21-12-11-15-23(18-21)37-4)26(35)20-34-25-17-10-9-16-24(25)31-32-34/h6-18,27H,5,19-20H2,1-4H3,(H,30,36)/t27-/m1/s1. The van der Waals surface area contributed by atoms with E-state index < -0.39 is 11.6 Å². The number of hydrogen-bond acceptors (Lipinski definition) is 5. The molecule has 37 heavy (non-hydrogen) atoms. The van der Waals surface area contributed by atoms with Crippen LogP contribution in [0, 0.1) is 0 Å². The highest BCUT2D eigenvalue weighted by Crippen LogP contribution is 2.27. The quantitative estimate of drug-likeness (QED) is 0.347. The molecular weight excluding hydrogens is 466 g/mol. The van der Waals surface area contributed by atoms with Gasteiger partial charge in [0.25, 0.3) is 0 Å². The zero-order valence-electron chi connectivity index (χ0n) is 21.7. The van der Waals surface area contributed by atoms with Gasteiger partial charge in [-0.2, -0.15) is 0 Å². The van der Waals surface area contributed by atoms with Crippen molar-refractivity contribution >= 4 is 22.8 Å². The minimum absolute atomic E-state index is 0.0573. The zero-order valence-corrected chi connectivity index (χ0v) is 21.7. The van der Waals surface area contributed by atoms with Gasteiger partial charge in [0.2, 0.25) is 11.8 Å². The first kappa shape index (κ1) is 25.9. The smallest absolute Gasteiger partial charge is 0.247 e. The van der Waals surface area contributed by atoms with Crippen LogP contribution >= 0.6 is 0 Å². The van der Waals surface area contributed by atoms with Gasteiger partial charge in [-0.05, 0) is 55.7 Å². The molecule has 192 valence electrons. The molecule has 1 N–H and O–H groups in total. The normalized spacial score (nSPS) is 12.2. The van der Waals surface area contributed by atoms with Crippen LogP contribution in [-0.4, -0.2) is 44.4 Å². The van der Waals surface area contributed by atoms with E-state index in [1.807, 2.05) is 99.6 Å². The summed E-state index contributed by atoms with van der Waals surface area (Å²) in [5.74, 6) is 0.189. The van der Waals surface area contributed by atoms with E-state index in [2.05, 4.69) is 15.6 Å². The summed E-state index contributed by atoms with van der Waals surface area (Å²) >= 11 is 0. The Morgan fingerprint density at radius 2 is 1.76 bits per heavy atom. The average Bonchev–Trinajstić information content (AvgIpc) is 3.31.